The molecule has 0 spiro atoms. The molecular weight excluding hydrogens is 208 g/mol. The van der Waals surface area contributed by atoms with Crippen LogP contribution in [-0.2, 0) is 6.54 Å². The summed E-state index contributed by atoms with van der Waals surface area (Å²) < 4.78 is 6.38. The summed E-state index contributed by atoms with van der Waals surface area (Å²) in [4.78, 5) is 8.13. The number of rotatable bonds is 3. The van der Waals surface area contributed by atoms with Crippen LogP contribution in [-0.4, -0.2) is 24.7 Å². The first-order valence-corrected chi connectivity index (χ1v) is 4.71. The minimum absolute atomic E-state index is 0.467. The topological polar surface area (TPSA) is 81.1 Å². The zero-order valence-electron chi connectivity index (χ0n) is 8.24. The third-order valence-corrected chi connectivity index (χ3v) is 2.15. The number of anilines is 1. The quantitative estimate of drug-likeness (QED) is 0.694. The highest BCUT2D eigenvalue weighted by atomic mass is 16.5. The molecule has 3 rings (SSSR count). The van der Waals surface area contributed by atoms with Gasteiger partial charge in [0, 0.05) is 12.4 Å². The van der Waals surface area contributed by atoms with Gasteiger partial charge in [0.25, 0.3) is 0 Å². The molecule has 0 saturated heterocycles. The maximum Gasteiger partial charge on any atom is 0.213 e. The summed E-state index contributed by atoms with van der Waals surface area (Å²) in [5.74, 6) is 1.33. The van der Waals surface area contributed by atoms with E-state index >= 15 is 0 Å². The number of aromatic nitrogens is 5. The first kappa shape index (κ1) is 8.84. The molecule has 0 amide bonds. The zero-order valence-corrected chi connectivity index (χ0v) is 8.24. The molecule has 0 atom stereocenters. The largest absolute Gasteiger partial charge is 0.361 e. The third-order valence-electron chi connectivity index (χ3n) is 2.15. The molecule has 3 aromatic heterocycles. The molecular formula is C9H8N6O. The lowest BCUT2D eigenvalue weighted by Gasteiger charge is -2.03. The average molecular weight is 216 g/mol. The van der Waals surface area contributed by atoms with Gasteiger partial charge in [-0.3, -0.25) is 0 Å². The van der Waals surface area contributed by atoms with Crippen LogP contribution in [0.15, 0.2) is 35.6 Å². The van der Waals surface area contributed by atoms with Crippen LogP contribution in [0.2, 0.25) is 0 Å². The molecule has 7 heteroatoms. The molecule has 3 heterocycles. The van der Waals surface area contributed by atoms with Crippen molar-refractivity contribution in [1.29, 1.82) is 0 Å². The highest BCUT2D eigenvalue weighted by Gasteiger charge is 2.04. The van der Waals surface area contributed by atoms with Gasteiger partial charge in [0.2, 0.25) is 6.39 Å². The lowest BCUT2D eigenvalue weighted by Crippen LogP contribution is -2.04. The van der Waals surface area contributed by atoms with E-state index in [1.807, 2.05) is 6.07 Å². The standard InChI is InChI=1S/C9H8N6O/c1-2-13-15-4-3-10-9(7(1)15)11-5-8-12-6-16-14-8/h1-4,6H,5H2,(H,10,11). The lowest BCUT2D eigenvalue weighted by molar-refractivity contribution is 0.411. The van der Waals surface area contributed by atoms with E-state index in [1.165, 1.54) is 6.39 Å². The Bertz CT molecular complexity index is 587. The SMILES string of the molecule is c1cn2nccc2c(NCc2ncon2)n1. The van der Waals surface area contributed by atoms with Gasteiger partial charge < -0.3 is 9.84 Å². The molecule has 0 aliphatic heterocycles. The van der Waals surface area contributed by atoms with Gasteiger partial charge in [-0.15, -0.1) is 0 Å². The van der Waals surface area contributed by atoms with Crippen molar-refractivity contribution in [3.63, 3.8) is 0 Å². The summed E-state index contributed by atoms with van der Waals surface area (Å²) in [5, 5.41) is 10.9. The summed E-state index contributed by atoms with van der Waals surface area (Å²) in [6.07, 6.45) is 6.48. The molecule has 0 bridgehead atoms. The van der Waals surface area contributed by atoms with Crippen LogP contribution in [0.3, 0.4) is 0 Å². The van der Waals surface area contributed by atoms with Crippen molar-refractivity contribution < 1.29 is 4.52 Å². The number of fused-ring (bicyclic) bond motifs is 1. The number of nitrogens with one attached hydrogen (secondary N) is 1. The highest BCUT2D eigenvalue weighted by molar-refractivity contribution is 5.66. The second kappa shape index (κ2) is 3.61. The number of hydrogen-bond donors (Lipinski definition) is 1. The summed E-state index contributed by atoms with van der Waals surface area (Å²) >= 11 is 0. The molecule has 16 heavy (non-hydrogen) atoms. The third kappa shape index (κ3) is 1.48. The van der Waals surface area contributed by atoms with Crippen molar-refractivity contribution in [3.8, 4) is 0 Å². The highest BCUT2D eigenvalue weighted by Crippen LogP contribution is 2.12. The molecule has 0 unspecified atom stereocenters. The molecule has 7 nitrogen and oxygen atoms in total. The Kier molecular flexibility index (Phi) is 1.99. The van der Waals surface area contributed by atoms with E-state index in [4.69, 9.17) is 0 Å². The molecule has 0 aromatic carbocycles. The van der Waals surface area contributed by atoms with Crippen LogP contribution >= 0.6 is 0 Å². The Morgan fingerprint density at radius 2 is 2.31 bits per heavy atom. The molecule has 0 aliphatic rings. The van der Waals surface area contributed by atoms with Crippen LogP contribution in [0.5, 0.6) is 0 Å². The second-order valence-corrected chi connectivity index (χ2v) is 3.14. The van der Waals surface area contributed by atoms with Gasteiger partial charge in [0.05, 0.1) is 12.7 Å². The lowest BCUT2D eigenvalue weighted by atomic mass is 10.4. The fraction of sp³-hybridized carbons (Fsp3) is 0.111. The van der Waals surface area contributed by atoms with Gasteiger partial charge in [0.15, 0.2) is 11.6 Å². The van der Waals surface area contributed by atoms with E-state index in [0.29, 0.717) is 12.4 Å². The smallest absolute Gasteiger partial charge is 0.213 e. The first-order chi connectivity index (χ1) is 7.93. The van der Waals surface area contributed by atoms with Crippen molar-refractivity contribution in [2.75, 3.05) is 5.32 Å². The molecule has 80 valence electrons. The molecule has 0 aliphatic carbocycles. The van der Waals surface area contributed by atoms with Crippen LogP contribution in [0.1, 0.15) is 5.82 Å². The summed E-state index contributed by atoms with van der Waals surface area (Å²) in [6, 6.07) is 1.88. The Morgan fingerprint density at radius 3 is 3.19 bits per heavy atom. The first-order valence-electron chi connectivity index (χ1n) is 4.71. The summed E-state index contributed by atoms with van der Waals surface area (Å²) in [6.45, 7) is 0.467. The minimum atomic E-state index is 0.467. The van der Waals surface area contributed by atoms with Gasteiger partial charge in [-0.05, 0) is 6.07 Å². The monoisotopic (exact) mass is 216 g/mol. The Balaban J connectivity index is 1.86. The van der Waals surface area contributed by atoms with Crippen molar-refractivity contribution in [2.45, 2.75) is 6.54 Å². The van der Waals surface area contributed by atoms with Crippen molar-refractivity contribution in [2.24, 2.45) is 0 Å². The Hall–Kier alpha value is -2.44. The van der Waals surface area contributed by atoms with E-state index < -0.39 is 0 Å². The minimum Gasteiger partial charge on any atom is -0.361 e. The average Bonchev–Trinajstić information content (AvgIpc) is 2.97. The molecule has 0 fully saturated rings. The molecule has 0 radical (unpaired) electrons. The van der Waals surface area contributed by atoms with E-state index in [1.54, 1.807) is 23.1 Å². The predicted molar refractivity (Wildman–Crippen MR) is 54.6 cm³/mol. The Morgan fingerprint density at radius 1 is 1.31 bits per heavy atom. The van der Waals surface area contributed by atoms with E-state index in [2.05, 4.69) is 30.1 Å². The maximum atomic E-state index is 4.64. The molecule has 3 aromatic rings. The van der Waals surface area contributed by atoms with Crippen LogP contribution in [0, 0.1) is 0 Å². The second-order valence-electron chi connectivity index (χ2n) is 3.14. The van der Waals surface area contributed by atoms with E-state index in [0.717, 1.165) is 11.3 Å². The zero-order chi connectivity index (χ0) is 10.8. The van der Waals surface area contributed by atoms with Gasteiger partial charge in [0.1, 0.15) is 5.52 Å². The summed E-state index contributed by atoms with van der Waals surface area (Å²) in [7, 11) is 0. The van der Waals surface area contributed by atoms with Crippen LogP contribution in [0.25, 0.3) is 5.52 Å². The van der Waals surface area contributed by atoms with Crippen molar-refractivity contribution >= 4 is 11.3 Å². The van der Waals surface area contributed by atoms with Crippen LogP contribution in [0.4, 0.5) is 5.82 Å². The van der Waals surface area contributed by atoms with Crippen LogP contribution < -0.4 is 5.32 Å². The van der Waals surface area contributed by atoms with E-state index in [-0.39, 0.29) is 0 Å². The predicted octanol–water partition coefficient (Wildman–Crippen LogP) is 0.724. The van der Waals surface area contributed by atoms with Crippen molar-refractivity contribution in [1.82, 2.24) is 24.7 Å². The maximum absolute atomic E-state index is 4.64. The fourth-order valence-electron chi connectivity index (χ4n) is 1.43. The van der Waals surface area contributed by atoms with Crippen molar-refractivity contribution in [3.05, 3.63) is 36.9 Å². The van der Waals surface area contributed by atoms with E-state index in [9.17, 15) is 0 Å². The molecule has 0 saturated carbocycles. The Labute approximate surface area is 90.1 Å². The van der Waals surface area contributed by atoms with Gasteiger partial charge in [-0.2, -0.15) is 10.1 Å². The number of hydrogen-bond acceptors (Lipinski definition) is 6. The molecule has 1 N–H and O–H groups in total. The fourth-order valence-corrected chi connectivity index (χ4v) is 1.43. The number of nitrogens with zero attached hydrogens (tertiary/aromatic N) is 5. The van der Waals surface area contributed by atoms with Gasteiger partial charge in [-0.1, -0.05) is 5.16 Å². The van der Waals surface area contributed by atoms with Gasteiger partial charge >= 0.3 is 0 Å². The normalized spacial score (nSPS) is 10.8. The van der Waals surface area contributed by atoms with Gasteiger partial charge in [-0.25, -0.2) is 9.50 Å². The summed E-state index contributed by atoms with van der Waals surface area (Å²) in [5.41, 5.74) is 0.908.